The number of para-hydroxylation sites is 1. The van der Waals surface area contributed by atoms with Crippen LogP contribution in [-0.4, -0.2) is 17.0 Å². The first kappa shape index (κ1) is 20.9. The molecule has 1 amide bonds. The average Bonchev–Trinajstić information content (AvgIpc) is 3.58. The average molecular weight is 436 g/mol. The van der Waals surface area contributed by atoms with E-state index in [1.165, 1.54) is 0 Å². The van der Waals surface area contributed by atoms with Crippen LogP contribution in [0.5, 0.6) is 5.75 Å². The van der Waals surface area contributed by atoms with E-state index in [1.54, 1.807) is 36.4 Å². The van der Waals surface area contributed by atoms with E-state index in [0.29, 0.717) is 16.3 Å². The normalized spacial score (nSPS) is 18.1. The Morgan fingerprint density at radius 1 is 1.03 bits per heavy atom. The third kappa shape index (κ3) is 5.06. The van der Waals surface area contributed by atoms with Gasteiger partial charge in [-0.25, -0.2) is 4.79 Å². The van der Waals surface area contributed by atoms with Crippen molar-refractivity contribution in [1.82, 2.24) is 5.32 Å². The number of amides is 1. The maximum Gasteiger partial charge on any atom is 0.331 e. The number of carboxylic acid groups (broad SMARTS) is 1. The molecule has 1 aliphatic carbocycles. The molecule has 0 saturated heterocycles. The van der Waals surface area contributed by atoms with Gasteiger partial charge in [-0.2, -0.15) is 0 Å². The first-order chi connectivity index (χ1) is 15.0. The SMILES string of the molecule is O=C(O)C(NC(=O)C1CC1c1ccccc1)c1ccccc1OCc1cccc(Cl)c1. The summed E-state index contributed by atoms with van der Waals surface area (Å²) in [6.45, 7) is 0.233. The van der Waals surface area contributed by atoms with Gasteiger partial charge in [-0.15, -0.1) is 0 Å². The van der Waals surface area contributed by atoms with E-state index in [2.05, 4.69) is 5.32 Å². The molecule has 3 aromatic rings. The van der Waals surface area contributed by atoms with Gasteiger partial charge in [-0.05, 0) is 41.7 Å². The van der Waals surface area contributed by atoms with Crippen molar-refractivity contribution < 1.29 is 19.4 Å². The number of hydrogen-bond acceptors (Lipinski definition) is 3. The minimum Gasteiger partial charge on any atom is -0.489 e. The summed E-state index contributed by atoms with van der Waals surface area (Å²) < 4.78 is 5.88. The number of carboxylic acids is 1. The second-order valence-electron chi connectivity index (χ2n) is 7.60. The van der Waals surface area contributed by atoms with Crippen LogP contribution in [-0.2, 0) is 16.2 Å². The van der Waals surface area contributed by atoms with Gasteiger partial charge in [0.1, 0.15) is 12.4 Å². The van der Waals surface area contributed by atoms with Crippen molar-refractivity contribution >= 4 is 23.5 Å². The summed E-state index contributed by atoms with van der Waals surface area (Å²) in [6, 6.07) is 22.7. The van der Waals surface area contributed by atoms with Crippen molar-refractivity contribution in [2.75, 3.05) is 0 Å². The molecule has 0 heterocycles. The monoisotopic (exact) mass is 435 g/mol. The smallest absolute Gasteiger partial charge is 0.331 e. The van der Waals surface area contributed by atoms with E-state index in [-0.39, 0.29) is 24.3 Å². The van der Waals surface area contributed by atoms with Gasteiger partial charge < -0.3 is 15.2 Å². The Labute approximate surface area is 185 Å². The summed E-state index contributed by atoms with van der Waals surface area (Å²) in [4.78, 5) is 24.8. The van der Waals surface area contributed by atoms with Crippen LogP contribution in [0.3, 0.4) is 0 Å². The third-order valence-electron chi connectivity index (χ3n) is 5.40. The maximum atomic E-state index is 12.8. The maximum absolute atomic E-state index is 12.8. The van der Waals surface area contributed by atoms with E-state index in [9.17, 15) is 14.7 Å². The van der Waals surface area contributed by atoms with Gasteiger partial charge >= 0.3 is 5.97 Å². The molecule has 158 valence electrons. The Kier molecular flexibility index (Phi) is 6.23. The van der Waals surface area contributed by atoms with Gasteiger partial charge in [-0.1, -0.05) is 72.3 Å². The molecule has 4 rings (SSSR count). The molecule has 3 unspecified atom stereocenters. The molecule has 0 radical (unpaired) electrons. The van der Waals surface area contributed by atoms with Crippen LogP contribution >= 0.6 is 11.6 Å². The summed E-state index contributed by atoms with van der Waals surface area (Å²) in [7, 11) is 0. The summed E-state index contributed by atoms with van der Waals surface area (Å²) in [5, 5.41) is 13.1. The second kappa shape index (κ2) is 9.23. The Balaban J connectivity index is 1.47. The number of nitrogens with one attached hydrogen (secondary N) is 1. The highest BCUT2D eigenvalue weighted by atomic mass is 35.5. The largest absolute Gasteiger partial charge is 0.489 e. The van der Waals surface area contributed by atoms with Crippen LogP contribution in [0.1, 0.15) is 35.1 Å². The molecule has 0 spiro atoms. The van der Waals surface area contributed by atoms with Gasteiger partial charge in [0.05, 0.1) is 0 Å². The van der Waals surface area contributed by atoms with Crippen molar-refractivity contribution in [3.63, 3.8) is 0 Å². The predicted molar refractivity (Wildman–Crippen MR) is 118 cm³/mol. The van der Waals surface area contributed by atoms with Crippen molar-refractivity contribution in [3.8, 4) is 5.75 Å². The van der Waals surface area contributed by atoms with Gasteiger partial charge in [0, 0.05) is 16.5 Å². The molecule has 2 N–H and O–H groups in total. The molecular formula is C25H22ClNO4. The van der Waals surface area contributed by atoms with Crippen LogP contribution in [0.2, 0.25) is 5.02 Å². The number of halogens is 1. The Bertz CT molecular complexity index is 1090. The van der Waals surface area contributed by atoms with Gasteiger partial charge in [0.2, 0.25) is 5.91 Å². The van der Waals surface area contributed by atoms with Crippen LogP contribution < -0.4 is 10.1 Å². The number of aliphatic carboxylic acids is 1. The first-order valence-corrected chi connectivity index (χ1v) is 10.4. The zero-order chi connectivity index (χ0) is 21.8. The highest BCUT2D eigenvalue weighted by molar-refractivity contribution is 6.30. The lowest BCUT2D eigenvalue weighted by Crippen LogP contribution is -2.35. The lowest BCUT2D eigenvalue weighted by molar-refractivity contribution is -0.142. The molecule has 1 saturated carbocycles. The van der Waals surface area contributed by atoms with Crippen LogP contribution in [0.4, 0.5) is 0 Å². The number of benzene rings is 3. The van der Waals surface area contributed by atoms with E-state index in [1.807, 2.05) is 42.5 Å². The molecule has 5 nitrogen and oxygen atoms in total. The van der Waals surface area contributed by atoms with Gasteiger partial charge in [0.25, 0.3) is 0 Å². The minimum absolute atomic E-state index is 0.130. The fraction of sp³-hybridized carbons (Fsp3) is 0.200. The molecular weight excluding hydrogens is 414 g/mol. The first-order valence-electron chi connectivity index (χ1n) is 10.1. The van der Waals surface area contributed by atoms with Crippen LogP contribution in [0.25, 0.3) is 0 Å². The Hall–Kier alpha value is -3.31. The van der Waals surface area contributed by atoms with Crippen molar-refractivity contribution in [3.05, 3.63) is 101 Å². The summed E-state index contributed by atoms with van der Waals surface area (Å²) in [6.07, 6.45) is 0.717. The molecule has 0 bridgehead atoms. The third-order valence-corrected chi connectivity index (χ3v) is 5.64. The van der Waals surface area contributed by atoms with Gasteiger partial charge in [-0.3, -0.25) is 4.79 Å². The molecule has 3 aromatic carbocycles. The van der Waals surface area contributed by atoms with Crippen LogP contribution in [0.15, 0.2) is 78.9 Å². The van der Waals surface area contributed by atoms with E-state index in [4.69, 9.17) is 16.3 Å². The standard InChI is InChI=1S/C25H22ClNO4/c26-18-10-6-7-16(13-18)15-31-22-12-5-4-11-19(22)23(25(29)30)27-24(28)21-14-20(21)17-8-2-1-3-9-17/h1-13,20-21,23H,14-15H2,(H,27,28)(H,29,30). The Morgan fingerprint density at radius 3 is 2.52 bits per heavy atom. The number of carbonyl (C=O) groups excluding carboxylic acids is 1. The second-order valence-corrected chi connectivity index (χ2v) is 8.03. The molecule has 0 aromatic heterocycles. The zero-order valence-electron chi connectivity index (χ0n) is 16.7. The van der Waals surface area contributed by atoms with Gasteiger partial charge in [0.15, 0.2) is 6.04 Å². The fourth-order valence-electron chi connectivity index (χ4n) is 3.71. The lowest BCUT2D eigenvalue weighted by Gasteiger charge is -2.19. The summed E-state index contributed by atoms with van der Waals surface area (Å²) >= 11 is 6.02. The molecule has 6 heteroatoms. The quantitative estimate of drug-likeness (QED) is 0.524. The number of carbonyl (C=O) groups is 2. The zero-order valence-corrected chi connectivity index (χ0v) is 17.5. The summed E-state index contributed by atoms with van der Waals surface area (Å²) in [5.74, 6) is -1.07. The van der Waals surface area contributed by atoms with Crippen molar-refractivity contribution in [2.45, 2.75) is 25.0 Å². The highest BCUT2D eigenvalue weighted by Crippen LogP contribution is 2.47. The highest BCUT2D eigenvalue weighted by Gasteiger charge is 2.45. The molecule has 1 fully saturated rings. The Morgan fingerprint density at radius 2 is 1.77 bits per heavy atom. The van der Waals surface area contributed by atoms with Crippen molar-refractivity contribution in [2.24, 2.45) is 5.92 Å². The molecule has 1 aliphatic rings. The van der Waals surface area contributed by atoms with E-state index >= 15 is 0 Å². The molecule has 3 atom stereocenters. The number of ether oxygens (including phenoxy) is 1. The minimum atomic E-state index is -1.19. The predicted octanol–water partition coefficient (Wildman–Crippen LogP) is 4.96. The van der Waals surface area contributed by atoms with E-state index < -0.39 is 12.0 Å². The van der Waals surface area contributed by atoms with Crippen LogP contribution in [0, 0.1) is 5.92 Å². The number of rotatable bonds is 8. The number of hydrogen-bond donors (Lipinski definition) is 2. The van der Waals surface area contributed by atoms with E-state index in [0.717, 1.165) is 17.5 Å². The topological polar surface area (TPSA) is 75.6 Å². The summed E-state index contributed by atoms with van der Waals surface area (Å²) in [5.41, 5.74) is 2.36. The molecule has 31 heavy (non-hydrogen) atoms. The molecule has 0 aliphatic heterocycles. The lowest BCUT2D eigenvalue weighted by atomic mass is 10.0. The van der Waals surface area contributed by atoms with Crippen molar-refractivity contribution in [1.29, 1.82) is 0 Å². The fourth-order valence-corrected chi connectivity index (χ4v) is 3.93.